The minimum absolute atomic E-state index is 0.0608. The Morgan fingerprint density at radius 2 is 1.76 bits per heavy atom. The van der Waals surface area contributed by atoms with Gasteiger partial charge in [-0.05, 0) is 37.3 Å². The summed E-state index contributed by atoms with van der Waals surface area (Å²) in [5, 5.41) is 0. The van der Waals surface area contributed by atoms with E-state index in [-0.39, 0.29) is 16.1 Å². The highest BCUT2D eigenvalue weighted by Gasteiger charge is 2.18. The fourth-order valence-corrected chi connectivity index (χ4v) is 3.34. The van der Waals surface area contributed by atoms with E-state index >= 15 is 0 Å². The SMILES string of the molecule is CC=CC=CC(=O)NNC(=O)c1cccc(S(=O)(=O)Nc2ccccc2OC)c1. The third-order valence-corrected chi connectivity index (χ3v) is 4.97. The highest BCUT2D eigenvalue weighted by molar-refractivity contribution is 7.92. The minimum atomic E-state index is -3.96. The van der Waals surface area contributed by atoms with Crippen LogP contribution in [0.4, 0.5) is 5.69 Å². The van der Waals surface area contributed by atoms with Gasteiger partial charge in [-0.15, -0.1) is 0 Å². The van der Waals surface area contributed by atoms with E-state index in [9.17, 15) is 18.0 Å². The maximum Gasteiger partial charge on any atom is 0.269 e. The van der Waals surface area contributed by atoms with Gasteiger partial charge in [0.05, 0.1) is 17.7 Å². The van der Waals surface area contributed by atoms with Crippen LogP contribution in [0.1, 0.15) is 17.3 Å². The van der Waals surface area contributed by atoms with Crippen LogP contribution in [0.25, 0.3) is 0 Å². The standard InChI is InChI=1S/C20H21N3O5S/c1-3-4-5-13-19(24)21-22-20(25)15-9-8-10-16(14-15)29(26,27)23-17-11-6-7-12-18(17)28-2/h3-14,23H,1-2H3,(H,21,24)(H,22,25). The Morgan fingerprint density at radius 3 is 2.48 bits per heavy atom. The summed E-state index contributed by atoms with van der Waals surface area (Å²) >= 11 is 0. The lowest BCUT2D eigenvalue weighted by Gasteiger charge is -2.12. The van der Waals surface area contributed by atoms with Crippen LogP contribution in [0.5, 0.6) is 5.75 Å². The summed E-state index contributed by atoms with van der Waals surface area (Å²) in [6.45, 7) is 1.80. The highest BCUT2D eigenvalue weighted by Crippen LogP contribution is 2.26. The smallest absolute Gasteiger partial charge is 0.269 e. The number of amides is 2. The van der Waals surface area contributed by atoms with E-state index in [1.54, 1.807) is 43.3 Å². The Morgan fingerprint density at radius 1 is 1.00 bits per heavy atom. The Hall–Kier alpha value is -3.59. The number of hydrogen-bond acceptors (Lipinski definition) is 5. The molecule has 0 heterocycles. The zero-order valence-electron chi connectivity index (χ0n) is 15.9. The highest BCUT2D eigenvalue weighted by atomic mass is 32.2. The van der Waals surface area contributed by atoms with Gasteiger partial charge in [-0.2, -0.15) is 0 Å². The number of ether oxygens (including phenoxy) is 1. The first-order valence-corrected chi connectivity index (χ1v) is 10.0. The van der Waals surface area contributed by atoms with Crippen LogP contribution in [0, 0.1) is 0 Å². The van der Waals surface area contributed by atoms with Crippen molar-refractivity contribution >= 4 is 27.5 Å². The number of hydrogen-bond donors (Lipinski definition) is 3. The Kier molecular flexibility index (Phi) is 7.55. The van der Waals surface area contributed by atoms with Crippen LogP contribution < -0.4 is 20.3 Å². The molecule has 3 N–H and O–H groups in total. The van der Waals surface area contributed by atoms with E-state index in [0.29, 0.717) is 5.75 Å². The molecule has 2 rings (SSSR count). The number of nitrogens with one attached hydrogen (secondary N) is 3. The van der Waals surface area contributed by atoms with Crippen LogP contribution in [0.15, 0.2) is 77.7 Å². The predicted molar refractivity (Wildman–Crippen MR) is 110 cm³/mol. The van der Waals surface area contributed by atoms with Crippen molar-refractivity contribution in [3.63, 3.8) is 0 Å². The molecule has 152 valence electrons. The van der Waals surface area contributed by atoms with Crippen molar-refractivity contribution in [1.82, 2.24) is 10.9 Å². The summed E-state index contributed by atoms with van der Waals surface area (Å²) in [5.41, 5.74) is 4.76. The lowest BCUT2D eigenvalue weighted by Crippen LogP contribution is -2.40. The van der Waals surface area contributed by atoms with Crippen molar-refractivity contribution in [2.24, 2.45) is 0 Å². The first-order chi connectivity index (χ1) is 13.9. The molecule has 0 atom stereocenters. The van der Waals surface area contributed by atoms with Gasteiger partial charge in [0.1, 0.15) is 5.75 Å². The van der Waals surface area contributed by atoms with Gasteiger partial charge in [0.25, 0.3) is 21.8 Å². The number of allylic oxidation sites excluding steroid dienone is 3. The maximum atomic E-state index is 12.7. The van der Waals surface area contributed by atoms with E-state index in [2.05, 4.69) is 15.6 Å². The van der Waals surface area contributed by atoms with Crippen LogP contribution in [-0.4, -0.2) is 27.3 Å². The van der Waals surface area contributed by atoms with E-state index in [1.165, 1.54) is 43.5 Å². The second-order valence-corrected chi connectivity index (χ2v) is 7.34. The molecule has 0 aromatic heterocycles. The fraction of sp³-hybridized carbons (Fsp3) is 0.100. The predicted octanol–water partition coefficient (Wildman–Crippen LogP) is 2.39. The van der Waals surface area contributed by atoms with Gasteiger partial charge in [-0.3, -0.25) is 25.2 Å². The van der Waals surface area contributed by atoms with Crippen molar-refractivity contribution in [1.29, 1.82) is 0 Å². The third kappa shape index (κ3) is 6.22. The van der Waals surface area contributed by atoms with Crippen LogP contribution in [-0.2, 0) is 14.8 Å². The molecule has 2 aromatic rings. The van der Waals surface area contributed by atoms with E-state index < -0.39 is 21.8 Å². The van der Waals surface area contributed by atoms with Gasteiger partial charge in [-0.25, -0.2) is 8.42 Å². The number of carbonyl (C=O) groups excluding carboxylic acids is 2. The summed E-state index contributed by atoms with van der Waals surface area (Å²) in [5.74, 6) is -0.830. The zero-order chi connectivity index (χ0) is 21.3. The van der Waals surface area contributed by atoms with Crippen LogP contribution in [0.3, 0.4) is 0 Å². The molecular weight excluding hydrogens is 394 g/mol. The molecule has 2 amide bonds. The van der Waals surface area contributed by atoms with Gasteiger partial charge in [0.15, 0.2) is 0 Å². The van der Waals surface area contributed by atoms with Crippen LogP contribution >= 0.6 is 0 Å². The maximum absolute atomic E-state index is 12.7. The van der Waals surface area contributed by atoms with Crippen molar-refractivity contribution in [2.45, 2.75) is 11.8 Å². The molecule has 0 aliphatic carbocycles. The van der Waals surface area contributed by atoms with Gasteiger partial charge in [0.2, 0.25) is 0 Å². The molecule has 0 aliphatic rings. The molecule has 2 aromatic carbocycles. The fourth-order valence-electron chi connectivity index (χ4n) is 2.22. The summed E-state index contributed by atoms with van der Waals surface area (Å²) < 4.78 is 32.9. The largest absolute Gasteiger partial charge is 0.495 e. The number of hydrazine groups is 1. The lowest BCUT2D eigenvalue weighted by molar-refractivity contribution is -0.117. The molecule has 0 unspecified atom stereocenters. The van der Waals surface area contributed by atoms with E-state index in [0.717, 1.165) is 0 Å². The third-order valence-electron chi connectivity index (χ3n) is 3.61. The quantitative estimate of drug-likeness (QED) is 0.365. The zero-order valence-corrected chi connectivity index (χ0v) is 16.7. The normalized spacial score (nSPS) is 11.4. The van der Waals surface area contributed by atoms with Gasteiger partial charge in [-0.1, -0.05) is 36.4 Å². The number of anilines is 1. The average molecular weight is 415 g/mol. The molecule has 0 bridgehead atoms. The van der Waals surface area contributed by atoms with Gasteiger partial charge < -0.3 is 4.74 Å². The Labute approximate surface area is 169 Å². The van der Waals surface area contributed by atoms with Crippen molar-refractivity contribution in [3.05, 3.63) is 78.4 Å². The number of benzene rings is 2. The molecule has 8 nitrogen and oxygen atoms in total. The van der Waals surface area contributed by atoms with Crippen molar-refractivity contribution in [3.8, 4) is 5.75 Å². The Bertz CT molecular complexity index is 1050. The number of carbonyl (C=O) groups is 2. The number of para-hydroxylation sites is 2. The molecule has 0 spiro atoms. The summed E-state index contributed by atoms with van der Waals surface area (Å²) in [7, 11) is -2.53. The number of sulfonamides is 1. The number of rotatable bonds is 7. The number of methoxy groups -OCH3 is 1. The Balaban J connectivity index is 2.13. The second-order valence-electron chi connectivity index (χ2n) is 5.66. The van der Waals surface area contributed by atoms with Gasteiger partial charge in [0, 0.05) is 11.6 Å². The molecule has 0 radical (unpaired) electrons. The molecule has 29 heavy (non-hydrogen) atoms. The van der Waals surface area contributed by atoms with Crippen molar-refractivity contribution < 1.29 is 22.7 Å². The first-order valence-electron chi connectivity index (χ1n) is 8.53. The summed E-state index contributed by atoms with van der Waals surface area (Å²) in [6, 6.07) is 12.0. The molecule has 0 fully saturated rings. The summed E-state index contributed by atoms with van der Waals surface area (Å²) in [6.07, 6.45) is 6.15. The minimum Gasteiger partial charge on any atom is -0.495 e. The van der Waals surface area contributed by atoms with Crippen LogP contribution in [0.2, 0.25) is 0 Å². The summed E-state index contributed by atoms with van der Waals surface area (Å²) in [4.78, 5) is 23.7. The molecule has 9 heteroatoms. The average Bonchev–Trinajstić information content (AvgIpc) is 2.72. The molecule has 0 aliphatic heterocycles. The first kappa shape index (κ1) is 21.7. The van der Waals surface area contributed by atoms with Gasteiger partial charge >= 0.3 is 0 Å². The second kappa shape index (κ2) is 10.1. The topological polar surface area (TPSA) is 114 Å². The van der Waals surface area contributed by atoms with Crippen molar-refractivity contribution in [2.75, 3.05) is 11.8 Å². The molecular formula is C20H21N3O5S. The van der Waals surface area contributed by atoms with E-state index in [1.807, 2.05) is 0 Å². The molecule has 0 saturated carbocycles. The lowest BCUT2D eigenvalue weighted by atomic mass is 10.2. The molecule has 0 saturated heterocycles. The van der Waals surface area contributed by atoms with E-state index in [4.69, 9.17) is 4.74 Å². The monoisotopic (exact) mass is 415 g/mol.